The second-order valence-electron chi connectivity index (χ2n) is 7.00. The van der Waals surface area contributed by atoms with E-state index in [0.717, 1.165) is 22.3 Å². The molecule has 0 spiro atoms. The molecule has 0 aliphatic carbocycles. The van der Waals surface area contributed by atoms with Gasteiger partial charge >= 0.3 is 0 Å². The average molecular weight is 378 g/mol. The number of hydrogen-bond donors (Lipinski definition) is 0. The van der Waals surface area contributed by atoms with Crippen LogP contribution in [0.3, 0.4) is 0 Å². The highest BCUT2D eigenvalue weighted by atomic mass is 32.2. The molecule has 1 saturated heterocycles. The highest BCUT2D eigenvalue weighted by molar-refractivity contribution is 7.89. The number of aromatic nitrogens is 2. The Kier molecular flexibility index (Phi) is 5.18. The van der Waals surface area contributed by atoms with Crippen LogP contribution in [0.1, 0.15) is 34.0 Å². The van der Waals surface area contributed by atoms with Crippen molar-refractivity contribution < 1.29 is 12.9 Å². The Hall–Kier alpha value is -1.77. The fraction of sp³-hybridized carbons (Fsp3) is 0.556. The van der Waals surface area contributed by atoms with E-state index >= 15 is 0 Å². The summed E-state index contributed by atoms with van der Waals surface area (Å²) in [6, 6.07) is 2.05. The molecular formula is C18H26N4O3S. The first kappa shape index (κ1) is 19.0. The summed E-state index contributed by atoms with van der Waals surface area (Å²) in [7, 11) is -3.50. The minimum Gasteiger partial charge on any atom is -0.340 e. The molecule has 0 N–H and O–H groups in total. The number of hydrogen-bond acceptors (Lipinski definition) is 6. The number of rotatable bonds is 4. The maximum absolute atomic E-state index is 13.3. The van der Waals surface area contributed by atoms with Gasteiger partial charge in [-0.25, -0.2) is 8.42 Å². The Morgan fingerprint density at radius 3 is 2.08 bits per heavy atom. The molecular weight excluding hydrogens is 352 g/mol. The molecule has 26 heavy (non-hydrogen) atoms. The summed E-state index contributed by atoms with van der Waals surface area (Å²) in [6.45, 7) is 12.3. The zero-order valence-electron chi connectivity index (χ0n) is 16.0. The molecule has 0 saturated carbocycles. The van der Waals surface area contributed by atoms with Gasteiger partial charge in [0.2, 0.25) is 15.9 Å². The van der Waals surface area contributed by atoms with Gasteiger partial charge in [0, 0.05) is 33.1 Å². The number of piperazine rings is 1. The standard InChI is InChI=1S/C18H26N4O3S/c1-12-10-13(2)15(4)18(14(12)3)26(23,24)22-8-6-21(7-9-22)11-17-19-16(5)25-20-17/h10H,6-9,11H2,1-5H3. The third-order valence-corrected chi connectivity index (χ3v) is 7.33. The molecule has 0 amide bonds. The molecule has 1 aliphatic rings. The Balaban J connectivity index is 1.77. The lowest BCUT2D eigenvalue weighted by atomic mass is 10.0. The summed E-state index contributed by atoms with van der Waals surface area (Å²) in [5.41, 5.74) is 3.71. The van der Waals surface area contributed by atoms with Gasteiger partial charge in [0.1, 0.15) is 0 Å². The van der Waals surface area contributed by atoms with E-state index in [1.54, 1.807) is 11.2 Å². The third-order valence-electron chi connectivity index (χ3n) is 5.16. The molecule has 0 bridgehead atoms. The van der Waals surface area contributed by atoms with Crippen molar-refractivity contribution in [1.29, 1.82) is 0 Å². The van der Waals surface area contributed by atoms with Crippen molar-refractivity contribution in [2.45, 2.75) is 46.1 Å². The second-order valence-corrected chi connectivity index (χ2v) is 8.87. The number of benzene rings is 1. The van der Waals surface area contributed by atoms with Crippen LogP contribution in [0.15, 0.2) is 15.5 Å². The van der Waals surface area contributed by atoms with Gasteiger partial charge in [-0.1, -0.05) is 11.2 Å². The van der Waals surface area contributed by atoms with Crippen molar-refractivity contribution >= 4 is 10.0 Å². The third kappa shape index (κ3) is 3.54. The molecule has 142 valence electrons. The Labute approximate surface area is 155 Å². The molecule has 2 heterocycles. The van der Waals surface area contributed by atoms with E-state index in [2.05, 4.69) is 21.1 Å². The molecule has 2 aromatic rings. The van der Waals surface area contributed by atoms with Crippen LogP contribution in [0.5, 0.6) is 0 Å². The fourth-order valence-corrected chi connectivity index (χ4v) is 5.43. The van der Waals surface area contributed by atoms with E-state index in [0.29, 0.717) is 49.3 Å². The smallest absolute Gasteiger partial charge is 0.243 e. The van der Waals surface area contributed by atoms with Gasteiger partial charge in [0.25, 0.3) is 0 Å². The molecule has 0 unspecified atom stereocenters. The highest BCUT2D eigenvalue weighted by Crippen LogP contribution is 2.29. The summed E-state index contributed by atoms with van der Waals surface area (Å²) in [6.07, 6.45) is 0. The minimum absolute atomic E-state index is 0.463. The minimum atomic E-state index is -3.50. The summed E-state index contributed by atoms with van der Waals surface area (Å²) in [4.78, 5) is 6.83. The van der Waals surface area contributed by atoms with E-state index < -0.39 is 10.0 Å². The van der Waals surface area contributed by atoms with Crippen molar-refractivity contribution in [2.75, 3.05) is 26.2 Å². The zero-order chi connectivity index (χ0) is 19.1. The molecule has 1 aliphatic heterocycles. The Bertz CT molecular complexity index is 887. The molecule has 1 aromatic heterocycles. The van der Waals surface area contributed by atoms with Gasteiger partial charge in [-0.3, -0.25) is 4.90 Å². The molecule has 8 heteroatoms. The average Bonchev–Trinajstić information content (AvgIpc) is 2.98. The molecule has 7 nitrogen and oxygen atoms in total. The zero-order valence-corrected chi connectivity index (χ0v) is 16.9. The summed E-state index contributed by atoms with van der Waals surface area (Å²) < 4.78 is 33.1. The van der Waals surface area contributed by atoms with Crippen molar-refractivity contribution in [1.82, 2.24) is 19.3 Å². The predicted molar refractivity (Wildman–Crippen MR) is 98.5 cm³/mol. The van der Waals surface area contributed by atoms with Gasteiger partial charge < -0.3 is 4.52 Å². The number of sulfonamides is 1. The van der Waals surface area contributed by atoms with Crippen LogP contribution in [0, 0.1) is 34.6 Å². The van der Waals surface area contributed by atoms with Crippen LogP contribution < -0.4 is 0 Å². The topological polar surface area (TPSA) is 79.5 Å². The van der Waals surface area contributed by atoms with Crippen LogP contribution in [-0.4, -0.2) is 53.9 Å². The van der Waals surface area contributed by atoms with Crippen LogP contribution in [0.2, 0.25) is 0 Å². The lowest BCUT2D eigenvalue weighted by molar-refractivity contribution is 0.176. The summed E-state index contributed by atoms with van der Waals surface area (Å²) in [5, 5.41) is 3.91. The number of aryl methyl sites for hydroxylation is 3. The van der Waals surface area contributed by atoms with Gasteiger partial charge in [0.15, 0.2) is 5.82 Å². The molecule has 0 radical (unpaired) electrons. The molecule has 1 aromatic carbocycles. The molecule has 3 rings (SSSR count). The van der Waals surface area contributed by atoms with Gasteiger partial charge in [-0.15, -0.1) is 0 Å². The van der Waals surface area contributed by atoms with E-state index in [-0.39, 0.29) is 0 Å². The molecule has 1 fully saturated rings. The number of nitrogens with zero attached hydrogens (tertiary/aromatic N) is 4. The van der Waals surface area contributed by atoms with E-state index in [1.165, 1.54) is 0 Å². The van der Waals surface area contributed by atoms with Crippen molar-refractivity contribution in [3.05, 3.63) is 40.0 Å². The molecule has 0 atom stereocenters. The highest BCUT2D eigenvalue weighted by Gasteiger charge is 2.32. The van der Waals surface area contributed by atoms with E-state index in [1.807, 2.05) is 27.7 Å². The van der Waals surface area contributed by atoms with Crippen LogP contribution in [0.4, 0.5) is 0 Å². The fourth-order valence-electron chi connectivity index (χ4n) is 3.43. The quantitative estimate of drug-likeness (QED) is 0.811. The SMILES string of the molecule is Cc1nc(CN2CCN(S(=O)(=O)c3c(C)c(C)cc(C)c3C)CC2)no1. The normalized spacial score (nSPS) is 17.0. The first-order valence-electron chi connectivity index (χ1n) is 8.79. The first-order valence-corrected chi connectivity index (χ1v) is 10.2. The first-order chi connectivity index (χ1) is 12.2. The van der Waals surface area contributed by atoms with E-state index in [4.69, 9.17) is 4.52 Å². The lowest BCUT2D eigenvalue weighted by Crippen LogP contribution is -2.48. The van der Waals surface area contributed by atoms with Crippen molar-refractivity contribution in [2.24, 2.45) is 0 Å². The van der Waals surface area contributed by atoms with Crippen LogP contribution in [-0.2, 0) is 16.6 Å². The van der Waals surface area contributed by atoms with Crippen molar-refractivity contribution in [3.63, 3.8) is 0 Å². The van der Waals surface area contributed by atoms with Gasteiger partial charge in [-0.05, 0) is 49.9 Å². The van der Waals surface area contributed by atoms with E-state index in [9.17, 15) is 8.42 Å². The monoisotopic (exact) mass is 378 g/mol. The summed E-state index contributed by atoms with van der Waals surface area (Å²) in [5.74, 6) is 1.18. The Morgan fingerprint density at radius 1 is 1.00 bits per heavy atom. The predicted octanol–water partition coefficient (Wildman–Crippen LogP) is 2.12. The van der Waals surface area contributed by atoms with Crippen LogP contribution >= 0.6 is 0 Å². The summed E-state index contributed by atoms with van der Waals surface area (Å²) >= 11 is 0. The largest absolute Gasteiger partial charge is 0.340 e. The van der Waals surface area contributed by atoms with Crippen LogP contribution in [0.25, 0.3) is 0 Å². The lowest BCUT2D eigenvalue weighted by Gasteiger charge is -2.34. The van der Waals surface area contributed by atoms with Gasteiger partial charge in [0.05, 0.1) is 11.4 Å². The Morgan fingerprint density at radius 2 is 1.58 bits per heavy atom. The van der Waals surface area contributed by atoms with Crippen molar-refractivity contribution in [3.8, 4) is 0 Å². The van der Waals surface area contributed by atoms with Gasteiger partial charge in [-0.2, -0.15) is 9.29 Å². The second kappa shape index (κ2) is 7.09. The maximum atomic E-state index is 13.3. The maximum Gasteiger partial charge on any atom is 0.243 e.